The number of nitrogens with zero attached hydrogens (tertiary/aromatic N) is 2. The molecular formula is C46H53IrN2O2-. The van der Waals surface area contributed by atoms with Gasteiger partial charge >= 0.3 is 0 Å². The summed E-state index contributed by atoms with van der Waals surface area (Å²) in [6, 6.07) is 27.8. The third-order valence-electron chi connectivity index (χ3n) is 9.75. The van der Waals surface area contributed by atoms with Crippen LogP contribution in [0.25, 0.3) is 49.5 Å². The number of para-hydroxylation sites is 2. The minimum absolute atomic E-state index is 0. The number of hydrogen-bond acceptors (Lipinski definition) is 3. The van der Waals surface area contributed by atoms with Crippen molar-refractivity contribution in [3.63, 3.8) is 0 Å². The number of benzene rings is 4. The molecule has 0 spiro atoms. The Bertz CT molecular complexity index is 2310. The first-order valence-corrected chi connectivity index (χ1v) is 17.8. The molecule has 1 N–H and O–H groups in total. The Morgan fingerprint density at radius 3 is 1.94 bits per heavy atom. The quantitative estimate of drug-likeness (QED) is 0.0895. The van der Waals surface area contributed by atoms with Crippen LogP contribution >= 0.6 is 0 Å². The summed E-state index contributed by atoms with van der Waals surface area (Å²) in [7, 11) is 0. The molecule has 0 aliphatic heterocycles. The average Bonchev–Trinajstić information content (AvgIpc) is 3.49. The minimum Gasteiger partial charge on any atom is -0.512 e. The number of ketones is 1. The smallest absolute Gasteiger partial charge is 0.162 e. The van der Waals surface area contributed by atoms with Crippen molar-refractivity contribution in [3.8, 4) is 16.9 Å². The zero-order valence-corrected chi connectivity index (χ0v) is 33.1. The molecule has 4 aromatic carbocycles. The van der Waals surface area contributed by atoms with Crippen molar-refractivity contribution in [2.24, 2.45) is 11.8 Å². The zero-order valence-electron chi connectivity index (χ0n) is 36.7. The normalized spacial score (nSPS) is 14.3. The van der Waals surface area contributed by atoms with Crippen LogP contribution in [-0.2, 0) is 30.3 Å². The van der Waals surface area contributed by atoms with Gasteiger partial charge in [-0.3, -0.25) is 9.78 Å². The fourth-order valence-electron chi connectivity index (χ4n) is 6.85. The fraction of sp³-hybridized carbons (Fsp3) is 0.348. The van der Waals surface area contributed by atoms with E-state index in [0.29, 0.717) is 33.2 Å². The van der Waals surface area contributed by atoms with Gasteiger partial charge in [0, 0.05) is 74.6 Å². The van der Waals surface area contributed by atoms with E-state index in [1.54, 1.807) is 41.1 Å². The molecule has 0 amide bonds. The van der Waals surface area contributed by atoms with Gasteiger partial charge in [-0.15, -0.1) is 29.1 Å². The summed E-state index contributed by atoms with van der Waals surface area (Å²) in [5.41, 5.74) is 4.39. The Morgan fingerprint density at radius 1 is 0.824 bits per heavy atom. The van der Waals surface area contributed by atoms with E-state index in [1.807, 2.05) is 64.1 Å². The second-order valence-electron chi connectivity index (χ2n) is 14.0. The minimum atomic E-state index is -2.41. The van der Waals surface area contributed by atoms with Gasteiger partial charge in [0.15, 0.2) is 5.78 Å². The van der Waals surface area contributed by atoms with Gasteiger partial charge in [0.2, 0.25) is 0 Å². The third-order valence-corrected chi connectivity index (χ3v) is 9.75. The molecular weight excluding hydrogens is 805 g/mol. The Morgan fingerprint density at radius 2 is 1.39 bits per heavy atom. The van der Waals surface area contributed by atoms with Crippen LogP contribution in [0, 0.1) is 31.6 Å². The molecule has 51 heavy (non-hydrogen) atoms. The molecule has 0 saturated heterocycles. The van der Waals surface area contributed by atoms with Gasteiger partial charge < -0.3 is 9.67 Å². The second-order valence-corrected chi connectivity index (χ2v) is 14.0. The number of carbonyl (C=O) groups is 1. The summed E-state index contributed by atoms with van der Waals surface area (Å²) in [6.45, 7) is 9.78. The van der Waals surface area contributed by atoms with Crippen LogP contribution in [0.5, 0.6) is 0 Å². The zero-order chi connectivity index (χ0) is 41.2. The second kappa shape index (κ2) is 17.0. The van der Waals surface area contributed by atoms with Crippen molar-refractivity contribution >= 4 is 38.4 Å². The molecule has 0 aliphatic rings. The molecule has 0 unspecified atom stereocenters. The Hall–Kier alpha value is -4.05. The number of rotatable bonds is 9. The molecule has 0 aliphatic carbocycles. The summed E-state index contributed by atoms with van der Waals surface area (Å²) < 4.78 is 51.5. The molecule has 2 aromatic heterocycles. The van der Waals surface area contributed by atoms with Crippen molar-refractivity contribution in [1.82, 2.24) is 9.55 Å². The maximum absolute atomic E-state index is 11.7. The van der Waals surface area contributed by atoms with Gasteiger partial charge in [0.05, 0.1) is 16.8 Å². The van der Waals surface area contributed by atoms with Crippen molar-refractivity contribution in [1.29, 1.82) is 0 Å². The number of carbonyl (C=O) groups excluding carboxylic acids is 1. The standard InChI is InChI=1S/C33H29N2.C13H24O2.Ir/c1-21-10-8-14-27-28-15-9-11-22(2)32(28)35(31(21)27)25-16-17-34-30(20-25)24-18-23-12-6-7-13-26(23)29(19-24)33(3,4)5;1-5-10(6-2)12(14)9-13(15)11(7-3)8-4;/h6-17,19-20H,1-5H3;9-11,14H,5-8H2,1-4H3;/q-1;;/b;12-9-;/i1D3,2D3;;. The number of aromatic nitrogens is 2. The van der Waals surface area contributed by atoms with Crippen LogP contribution in [0.15, 0.2) is 96.9 Å². The van der Waals surface area contributed by atoms with Gasteiger partial charge in [-0.2, -0.15) is 0 Å². The Labute approximate surface area is 326 Å². The first-order chi connectivity index (χ1) is 26.3. The molecule has 0 bridgehead atoms. The van der Waals surface area contributed by atoms with Crippen LogP contribution in [0.4, 0.5) is 0 Å². The summed E-state index contributed by atoms with van der Waals surface area (Å²) in [6.07, 6.45) is 6.58. The first kappa shape index (κ1) is 31.7. The predicted octanol–water partition coefficient (Wildman–Crippen LogP) is 12.6. The molecule has 1 radical (unpaired) electrons. The van der Waals surface area contributed by atoms with E-state index in [-0.39, 0.29) is 60.0 Å². The Kier molecular flexibility index (Phi) is 10.5. The monoisotopic (exact) mass is 864 g/mol. The van der Waals surface area contributed by atoms with Crippen LogP contribution in [0.1, 0.15) is 99.1 Å². The molecule has 2 heterocycles. The van der Waals surface area contributed by atoms with Gasteiger partial charge in [-0.1, -0.05) is 114 Å². The van der Waals surface area contributed by atoms with E-state index in [4.69, 9.17) is 8.22 Å². The topological polar surface area (TPSA) is 55.1 Å². The summed E-state index contributed by atoms with van der Waals surface area (Å²) >= 11 is 0. The van der Waals surface area contributed by atoms with Crippen molar-refractivity contribution in [2.75, 3.05) is 0 Å². The number of pyridine rings is 1. The van der Waals surface area contributed by atoms with E-state index in [2.05, 4.69) is 44.0 Å². The van der Waals surface area contributed by atoms with E-state index in [0.717, 1.165) is 42.0 Å². The molecule has 5 heteroatoms. The van der Waals surface area contributed by atoms with Crippen molar-refractivity contribution in [2.45, 2.75) is 93.3 Å². The van der Waals surface area contributed by atoms with E-state index >= 15 is 0 Å². The van der Waals surface area contributed by atoms with Crippen LogP contribution in [-0.4, -0.2) is 20.4 Å². The van der Waals surface area contributed by atoms with E-state index in [9.17, 15) is 9.90 Å². The number of aliphatic hydroxyl groups excluding tert-OH is 1. The number of fused-ring (bicyclic) bond motifs is 4. The maximum Gasteiger partial charge on any atom is 0.162 e. The molecule has 4 nitrogen and oxygen atoms in total. The molecule has 269 valence electrons. The summed E-state index contributed by atoms with van der Waals surface area (Å²) in [4.78, 5) is 16.4. The van der Waals surface area contributed by atoms with Gasteiger partial charge in [0.1, 0.15) is 0 Å². The molecule has 0 saturated carbocycles. The van der Waals surface area contributed by atoms with Crippen LogP contribution in [0.3, 0.4) is 0 Å². The molecule has 6 aromatic rings. The maximum atomic E-state index is 11.7. The van der Waals surface area contributed by atoms with Gasteiger partial charge in [0.25, 0.3) is 0 Å². The third kappa shape index (κ3) is 8.37. The van der Waals surface area contributed by atoms with E-state index < -0.39 is 13.7 Å². The number of allylic oxidation sites excluding steroid dienone is 2. The fourth-order valence-corrected chi connectivity index (χ4v) is 6.85. The summed E-state index contributed by atoms with van der Waals surface area (Å²) in [5.74, 6) is 0.547. The SMILES string of the molecule is CCC(CC)C(=O)/C=C(\O)C(CC)CC.[2H]C([2H])([2H])c1cccc2c3cccc(C([2H])([2H])[2H])c3n(-c3ccnc(-c4[c-]c5ccccc5c(C(C)(C)C)c4)c3)c12.[Ir]. The predicted molar refractivity (Wildman–Crippen MR) is 212 cm³/mol. The van der Waals surface area contributed by atoms with Crippen LogP contribution < -0.4 is 0 Å². The number of hydrogen-bond donors (Lipinski definition) is 1. The van der Waals surface area contributed by atoms with Gasteiger partial charge in [-0.05, 0) is 68.1 Å². The number of aliphatic hydroxyl groups is 1. The van der Waals surface area contributed by atoms with Crippen molar-refractivity contribution < 1.29 is 38.2 Å². The largest absolute Gasteiger partial charge is 0.512 e. The van der Waals surface area contributed by atoms with Crippen molar-refractivity contribution in [3.05, 3.63) is 120 Å². The molecule has 6 rings (SSSR count). The Balaban J connectivity index is 0.000000385. The molecule has 0 fully saturated rings. The number of aryl methyl sites for hydroxylation is 2. The van der Waals surface area contributed by atoms with Gasteiger partial charge in [-0.25, -0.2) is 0 Å². The average molecular weight is 864 g/mol. The summed E-state index contributed by atoms with van der Waals surface area (Å²) in [5, 5.41) is 13.2. The van der Waals surface area contributed by atoms with Crippen LogP contribution in [0.2, 0.25) is 0 Å². The molecule has 0 atom stereocenters. The first-order valence-electron chi connectivity index (χ1n) is 20.8. The van der Waals surface area contributed by atoms with E-state index in [1.165, 1.54) is 11.6 Å².